The van der Waals surface area contributed by atoms with Crippen LogP contribution in [0.1, 0.15) is 5.56 Å². The molecule has 0 saturated heterocycles. The van der Waals surface area contributed by atoms with Gasteiger partial charge in [0.15, 0.2) is 10.8 Å². The number of aromatic nitrogens is 6. The van der Waals surface area contributed by atoms with Crippen molar-refractivity contribution >= 4 is 39.8 Å². The van der Waals surface area contributed by atoms with Gasteiger partial charge in [0.1, 0.15) is 22.1 Å². The Morgan fingerprint density at radius 3 is 2.14 bits per heavy atom. The zero-order chi connectivity index (χ0) is 21.7. The molecule has 3 rings (SSSR count). The van der Waals surface area contributed by atoms with Crippen molar-refractivity contribution in [3.05, 3.63) is 27.7 Å². The lowest BCUT2D eigenvalue weighted by atomic mass is 10.2. The molecule has 0 bridgehead atoms. The minimum atomic E-state index is -5.25. The third-order valence-electron chi connectivity index (χ3n) is 3.36. The minimum absolute atomic E-state index is 0.474. The maximum Gasteiger partial charge on any atom is 0.476 e. The molecule has 1 atom stereocenters. The Hall–Kier alpha value is -2.39. The minimum Gasteiger partial charge on any atom is -0.383 e. The molecule has 0 saturated carbocycles. The fourth-order valence-electron chi connectivity index (χ4n) is 2.20. The average Bonchev–Trinajstić information content (AvgIpc) is 3.20. The van der Waals surface area contributed by atoms with E-state index < -0.39 is 66.0 Å². The molecule has 2 N–H and O–H groups in total. The van der Waals surface area contributed by atoms with Crippen molar-refractivity contribution in [2.45, 2.75) is 16.6 Å². The maximum absolute atomic E-state index is 13.0. The number of alkyl halides is 6. The second-order valence-electron chi connectivity index (χ2n) is 5.18. The van der Waals surface area contributed by atoms with E-state index in [4.69, 9.17) is 28.9 Å². The van der Waals surface area contributed by atoms with Gasteiger partial charge in [-0.05, 0) is 12.1 Å². The molecule has 3 aromatic rings. The van der Waals surface area contributed by atoms with Gasteiger partial charge in [0.2, 0.25) is 0 Å². The van der Waals surface area contributed by atoms with Crippen LogP contribution in [0.4, 0.5) is 32.2 Å². The standard InChI is InChI=1S/C12H4Cl2F6N7OS/c13-4-1-3(11(15,16)17)2-5(14)7(4)27-9(21)8(29(28)12(18,19)20)6(24-27)10-22-25-26-23-10/h1-2H,21H2/q-1. The van der Waals surface area contributed by atoms with Gasteiger partial charge >= 0.3 is 11.7 Å². The molecule has 0 aliphatic carbocycles. The summed E-state index contributed by atoms with van der Waals surface area (Å²) in [7, 11) is -3.70. The lowest BCUT2D eigenvalue weighted by Crippen LogP contribution is -2.18. The molecular formula is C12H4Cl2F6N7OS-. The summed E-state index contributed by atoms with van der Waals surface area (Å²) in [6.45, 7) is 0. The first kappa shape index (κ1) is 21.3. The Morgan fingerprint density at radius 2 is 1.69 bits per heavy atom. The Labute approximate surface area is 168 Å². The Kier molecular flexibility index (Phi) is 5.25. The smallest absolute Gasteiger partial charge is 0.383 e. The van der Waals surface area contributed by atoms with Gasteiger partial charge in [0.05, 0.1) is 21.4 Å². The van der Waals surface area contributed by atoms with Gasteiger partial charge < -0.3 is 10.8 Å². The van der Waals surface area contributed by atoms with E-state index in [1.807, 2.05) is 0 Å². The van der Waals surface area contributed by atoms with Gasteiger partial charge in [-0.25, -0.2) is 8.89 Å². The van der Waals surface area contributed by atoms with Crippen LogP contribution in [0.5, 0.6) is 0 Å². The molecule has 0 radical (unpaired) electrons. The zero-order valence-electron chi connectivity index (χ0n) is 13.3. The van der Waals surface area contributed by atoms with Crippen molar-refractivity contribution in [3.8, 4) is 17.2 Å². The first-order chi connectivity index (χ1) is 13.3. The molecular weight excluding hydrogens is 475 g/mol. The lowest BCUT2D eigenvalue weighted by molar-refractivity contribution is -0.137. The van der Waals surface area contributed by atoms with Crippen LogP contribution in [0.15, 0.2) is 17.0 Å². The van der Waals surface area contributed by atoms with Gasteiger partial charge in [-0.1, -0.05) is 23.2 Å². The molecule has 0 spiro atoms. The van der Waals surface area contributed by atoms with Crippen LogP contribution in [0.3, 0.4) is 0 Å². The van der Waals surface area contributed by atoms with Crippen LogP contribution in [0, 0.1) is 0 Å². The average molecular weight is 479 g/mol. The third kappa shape index (κ3) is 3.89. The Bertz CT molecular complexity index is 1070. The topological polar surface area (TPSA) is 114 Å². The van der Waals surface area contributed by atoms with Gasteiger partial charge in [0.25, 0.3) is 0 Å². The second kappa shape index (κ2) is 7.14. The number of nitrogens with zero attached hydrogens (tertiary/aromatic N) is 6. The van der Waals surface area contributed by atoms with Crippen molar-refractivity contribution < 1.29 is 30.6 Å². The van der Waals surface area contributed by atoms with E-state index in [1.54, 1.807) is 0 Å². The van der Waals surface area contributed by atoms with Crippen LogP contribution >= 0.6 is 23.2 Å². The maximum atomic E-state index is 13.0. The van der Waals surface area contributed by atoms with Crippen molar-refractivity contribution in [2.75, 3.05) is 5.73 Å². The quantitative estimate of drug-likeness (QED) is 0.574. The molecule has 156 valence electrons. The first-order valence-corrected chi connectivity index (χ1v) is 8.85. The number of hydrogen-bond donors (Lipinski definition) is 1. The normalized spacial score (nSPS) is 13.7. The fourth-order valence-corrected chi connectivity index (χ4v) is 3.67. The molecule has 8 nitrogen and oxygen atoms in total. The number of tetrazole rings is 1. The van der Waals surface area contributed by atoms with Crippen LogP contribution in [-0.2, 0) is 17.0 Å². The largest absolute Gasteiger partial charge is 0.476 e. The molecule has 2 heterocycles. The number of benzene rings is 1. The predicted octanol–water partition coefficient (Wildman–Crippen LogP) is 3.22. The highest BCUT2D eigenvalue weighted by Gasteiger charge is 2.43. The zero-order valence-corrected chi connectivity index (χ0v) is 15.6. The summed E-state index contributed by atoms with van der Waals surface area (Å²) < 4.78 is 90.3. The van der Waals surface area contributed by atoms with E-state index in [0.29, 0.717) is 16.8 Å². The van der Waals surface area contributed by atoms with Crippen LogP contribution in [0.25, 0.3) is 17.2 Å². The molecule has 0 amide bonds. The lowest BCUT2D eigenvalue weighted by Gasteiger charge is -2.13. The fraction of sp³-hybridized carbons (Fsp3) is 0.167. The van der Waals surface area contributed by atoms with Crippen LogP contribution in [0.2, 0.25) is 10.0 Å². The number of rotatable bonds is 3. The van der Waals surface area contributed by atoms with Gasteiger partial charge in [0, 0.05) is 0 Å². The highest BCUT2D eigenvalue weighted by molar-refractivity contribution is 7.86. The Morgan fingerprint density at radius 1 is 1.10 bits per heavy atom. The molecule has 1 unspecified atom stereocenters. The van der Waals surface area contributed by atoms with Crippen molar-refractivity contribution in [3.63, 3.8) is 0 Å². The van der Waals surface area contributed by atoms with Gasteiger partial charge in [-0.3, -0.25) is 10.3 Å². The number of anilines is 1. The summed E-state index contributed by atoms with van der Waals surface area (Å²) in [6.07, 6.45) is -4.80. The molecule has 29 heavy (non-hydrogen) atoms. The van der Waals surface area contributed by atoms with Crippen LogP contribution in [-0.4, -0.2) is 35.0 Å². The number of nitrogens with two attached hydrogens (primary N) is 1. The van der Waals surface area contributed by atoms with E-state index in [9.17, 15) is 30.6 Å². The predicted molar refractivity (Wildman–Crippen MR) is 87.6 cm³/mol. The molecule has 2 aromatic heterocycles. The van der Waals surface area contributed by atoms with E-state index in [-0.39, 0.29) is 0 Å². The second-order valence-corrected chi connectivity index (χ2v) is 7.40. The van der Waals surface area contributed by atoms with E-state index in [0.717, 1.165) is 0 Å². The van der Waals surface area contributed by atoms with Gasteiger partial charge in [-0.2, -0.15) is 36.7 Å². The van der Waals surface area contributed by atoms with Crippen molar-refractivity contribution in [1.82, 2.24) is 30.4 Å². The van der Waals surface area contributed by atoms with E-state index >= 15 is 0 Å². The first-order valence-electron chi connectivity index (χ1n) is 6.95. The van der Waals surface area contributed by atoms with Gasteiger partial charge in [-0.15, -0.1) is 0 Å². The monoisotopic (exact) mass is 478 g/mol. The highest BCUT2D eigenvalue weighted by atomic mass is 35.5. The summed E-state index contributed by atoms with van der Waals surface area (Å²) >= 11 is 11.7. The van der Waals surface area contributed by atoms with Crippen LogP contribution < -0.4 is 10.8 Å². The van der Waals surface area contributed by atoms with Crippen molar-refractivity contribution in [1.29, 1.82) is 0 Å². The third-order valence-corrected chi connectivity index (χ3v) is 5.13. The summed E-state index contributed by atoms with van der Waals surface area (Å²) in [4.78, 5) is -1.06. The summed E-state index contributed by atoms with van der Waals surface area (Å²) in [6, 6.07) is 0.957. The van der Waals surface area contributed by atoms with E-state index in [1.165, 1.54) is 0 Å². The molecule has 17 heteroatoms. The highest BCUT2D eigenvalue weighted by Crippen LogP contribution is 2.41. The Balaban J connectivity index is 2.29. The number of halogens is 8. The number of nitrogen functional groups attached to an aromatic ring is 1. The molecule has 0 aliphatic heterocycles. The van der Waals surface area contributed by atoms with Crippen molar-refractivity contribution in [2.24, 2.45) is 0 Å². The number of hydrogen-bond acceptors (Lipinski definition) is 6. The molecule has 0 aliphatic rings. The molecule has 0 fully saturated rings. The van der Waals surface area contributed by atoms with E-state index in [2.05, 4.69) is 25.7 Å². The summed E-state index contributed by atoms with van der Waals surface area (Å²) in [5, 5.41) is 15.3. The molecule has 1 aromatic carbocycles. The summed E-state index contributed by atoms with van der Waals surface area (Å²) in [5.41, 5.74) is -1.98. The SMILES string of the molecule is Nc1c(S(=O)C(F)(F)F)c(-c2nnn[n-]2)nn1-c1c(Cl)cc(C(F)(F)F)cc1Cl. The summed E-state index contributed by atoms with van der Waals surface area (Å²) in [5.74, 6) is -1.41.